The largest absolute Gasteiger partial charge is 0.489 e. The second kappa shape index (κ2) is 6.53. The molecule has 0 unspecified atom stereocenters. The van der Waals surface area contributed by atoms with Crippen molar-refractivity contribution in [1.29, 1.82) is 0 Å². The molecule has 0 bridgehead atoms. The molecule has 1 fully saturated rings. The lowest BCUT2D eigenvalue weighted by Crippen LogP contribution is -2.33. The predicted molar refractivity (Wildman–Crippen MR) is 78.9 cm³/mol. The Morgan fingerprint density at radius 2 is 1.84 bits per heavy atom. The van der Waals surface area contributed by atoms with Gasteiger partial charge in [0.15, 0.2) is 11.6 Å². The fraction of sp³-hybridized carbons (Fsp3) is 0.571. The summed E-state index contributed by atoms with van der Waals surface area (Å²) in [6, 6.07) is 2.07. The van der Waals surface area contributed by atoms with Gasteiger partial charge < -0.3 is 4.74 Å². The van der Waals surface area contributed by atoms with Gasteiger partial charge in [-0.05, 0) is 34.8 Å². The average molecular weight is 398 g/mol. The molecular formula is C14H16Br2F2O. The van der Waals surface area contributed by atoms with E-state index in [2.05, 4.69) is 31.9 Å². The van der Waals surface area contributed by atoms with Gasteiger partial charge in [0.2, 0.25) is 0 Å². The SMILES string of the molecule is Fc1cc(F)c(OCC2(CBr)CCCCC2)c(Br)c1. The van der Waals surface area contributed by atoms with E-state index in [1.807, 2.05) is 0 Å². The molecule has 1 saturated carbocycles. The Morgan fingerprint density at radius 3 is 2.42 bits per heavy atom. The summed E-state index contributed by atoms with van der Waals surface area (Å²) in [6.45, 7) is 0.458. The Hall–Kier alpha value is -0.160. The van der Waals surface area contributed by atoms with Gasteiger partial charge >= 0.3 is 0 Å². The summed E-state index contributed by atoms with van der Waals surface area (Å²) < 4.78 is 32.7. The zero-order valence-corrected chi connectivity index (χ0v) is 13.7. The van der Waals surface area contributed by atoms with Crippen LogP contribution in [0.4, 0.5) is 8.78 Å². The van der Waals surface area contributed by atoms with Crippen LogP contribution >= 0.6 is 31.9 Å². The standard InChI is InChI=1S/C14H16Br2F2O/c15-8-14(4-2-1-3-5-14)9-19-13-11(16)6-10(17)7-12(13)18/h6-7H,1-5,8-9H2. The van der Waals surface area contributed by atoms with Crippen molar-refractivity contribution in [3.8, 4) is 5.75 Å². The molecule has 0 amide bonds. The van der Waals surface area contributed by atoms with E-state index in [1.54, 1.807) is 0 Å². The maximum Gasteiger partial charge on any atom is 0.169 e. The van der Waals surface area contributed by atoms with Crippen LogP contribution < -0.4 is 4.74 Å². The highest BCUT2D eigenvalue weighted by Gasteiger charge is 2.32. The summed E-state index contributed by atoms with van der Waals surface area (Å²) in [4.78, 5) is 0. The highest BCUT2D eigenvalue weighted by atomic mass is 79.9. The molecule has 0 N–H and O–H groups in total. The molecule has 0 saturated heterocycles. The minimum Gasteiger partial charge on any atom is -0.489 e. The van der Waals surface area contributed by atoms with Crippen LogP contribution in [0.2, 0.25) is 0 Å². The molecule has 1 aliphatic carbocycles. The third kappa shape index (κ3) is 3.69. The number of ether oxygens (including phenoxy) is 1. The van der Waals surface area contributed by atoms with Crippen molar-refractivity contribution in [3.63, 3.8) is 0 Å². The topological polar surface area (TPSA) is 9.23 Å². The second-order valence-electron chi connectivity index (χ2n) is 5.18. The molecule has 0 radical (unpaired) electrons. The van der Waals surface area contributed by atoms with Crippen LogP contribution in [0.25, 0.3) is 0 Å². The molecule has 0 spiro atoms. The second-order valence-corrected chi connectivity index (χ2v) is 6.60. The molecule has 1 aliphatic rings. The molecule has 0 heterocycles. The molecule has 0 aliphatic heterocycles. The first kappa shape index (κ1) is 15.2. The Kier molecular flexibility index (Phi) is 5.23. The lowest BCUT2D eigenvalue weighted by atomic mass is 9.76. The van der Waals surface area contributed by atoms with Gasteiger partial charge in [-0.2, -0.15) is 0 Å². The van der Waals surface area contributed by atoms with Gasteiger partial charge in [0.05, 0.1) is 11.1 Å². The zero-order valence-electron chi connectivity index (χ0n) is 10.5. The number of benzene rings is 1. The molecule has 1 aromatic rings. The van der Waals surface area contributed by atoms with Crippen molar-refractivity contribution < 1.29 is 13.5 Å². The Labute approximate surface area is 129 Å². The van der Waals surface area contributed by atoms with E-state index >= 15 is 0 Å². The summed E-state index contributed by atoms with van der Waals surface area (Å²) in [6.07, 6.45) is 5.78. The molecule has 0 aromatic heterocycles. The van der Waals surface area contributed by atoms with Crippen LogP contribution in [-0.4, -0.2) is 11.9 Å². The van der Waals surface area contributed by atoms with Gasteiger partial charge in [0.1, 0.15) is 5.82 Å². The van der Waals surface area contributed by atoms with Crippen LogP contribution in [0.1, 0.15) is 32.1 Å². The smallest absolute Gasteiger partial charge is 0.169 e. The van der Waals surface area contributed by atoms with Gasteiger partial charge in [0, 0.05) is 16.8 Å². The molecule has 1 nitrogen and oxygen atoms in total. The van der Waals surface area contributed by atoms with E-state index in [0.29, 0.717) is 11.1 Å². The van der Waals surface area contributed by atoms with Crippen molar-refractivity contribution in [2.45, 2.75) is 32.1 Å². The quantitative estimate of drug-likeness (QED) is 0.613. The predicted octanol–water partition coefficient (Wildman–Crippen LogP) is 5.45. The Bertz CT molecular complexity index is 422. The van der Waals surface area contributed by atoms with Crippen molar-refractivity contribution in [1.82, 2.24) is 0 Å². The van der Waals surface area contributed by atoms with Gasteiger partial charge in [-0.25, -0.2) is 8.78 Å². The van der Waals surface area contributed by atoms with Crippen molar-refractivity contribution >= 4 is 31.9 Å². The molecule has 5 heteroatoms. The Morgan fingerprint density at radius 1 is 1.16 bits per heavy atom. The zero-order chi connectivity index (χ0) is 13.9. The lowest BCUT2D eigenvalue weighted by Gasteiger charge is -2.35. The Balaban J connectivity index is 2.09. The molecule has 1 aromatic carbocycles. The summed E-state index contributed by atoms with van der Waals surface area (Å²) in [7, 11) is 0. The van der Waals surface area contributed by atoms with Crippen LogP contribution in [0.15, 0.2) is 16.6 Å². The third-order valence-electron chi connectivity index (χ3n) is 3.68. The van der Waals surface area contributed by atoms with Gasteiger partial charge in [-0.3, -0.25) is 0 Å². The molecule has 106 valence electrons. The van der Waals surface area contributed by atoms with Crippen LogP contribution in [-0.2, 0) is 0 Å². The number of rotatable bonds is 4. The normalized spacial score (nSPS) is 18.3. The van der Waals surface area contributed by atoms with E-state index in [4.69, 9.17) is 4.74 Å². The van der Waals surface area contributed by atoms with Gasteiger partial charge in [-0.1, -0.05) is 35.2 Å². The highest BCUT2D eigenvalue weighted by molar-refractivity contribution is 9.10. The maximum absolute atomic E-state index is 13.7. The summed E-state index contributed by atoms with van der Waals surface area (Å²) in [5, 5.41) is 0.848. The maximum atomic E-state index is 13.7. The fourth-order valence-corrected chi connectivity index (χ4v) is 3.76. The first-order valence-corrected chi connectivity index (χ1v) is 8.31. The third-order valence-corrected chi connectivity index (χ3v) is 5.46. The van der Waals surface area contributed by atoms with Crippen molar-refractivity contribution in [2.24, 2.45) is 5.41 Å². The van der Waals surface area contributed by atoms with Gasteiger partial charge in [-0.15, -0.1) is 0 Å². The monoisotopic (exact) mass is 396 g/mol. The van der Waals surface area contributed by atoms with Crippen molar-refractivity contribution in [3.05, 3.63) is 28.2 Å². The lowest BCUT2D eigenvalue weighted by molar-refractivity contribution is 0.118. The summed E-state index contributed by atoms with van der Waals surface area (Å²) in [5.41, 5.74) is 0.0680. The van der Waals surface area contributed by atoms with E-state index in [1.165, 1.54) is 25.3 Å². The molecule has 2 rings (SSSR count). The first-order chi connectivity index (χ1) is 9.06. The number of alkyl halides is 1. The fourth-order valence-electron chi connectivity index (χ4n) is 2.51. The van der Waals surface area contributed by atoms with E-state index in [9.17, 15) is 8.78 Å². The minimum absolute atomic E-state index is 0.0680. The van der Waals surface area contributed by atoms with Crippen LogP contribution in [0, 0.1) is 17.0 Å². The highest BCUT2D eigenvalue weighted by Crippen LogP contribution is 2.39. The van der Waals surface area contributed by atoms with Crippen LogP contribution in [0.5, 0.6) is 5.75 Å². The number of hydrogen-bond donors (Lipinski definition) is 0. The molecular weight excluding hydrogens is 382 g/mol. The molecule has 19 heavy (non-hydrogen) atoms. The number of hydrogen-bond acceptors (Lipinski definition) is 1. The van der Waals surface area contributed by atoms with Crippen molar-refractivity contribution in [2.75, 3.05) is 11.9 Å². The number of halogens is 4. The van der Waals surface area contributed by atoms with E-state index in [0.717, 1.165) is 24.2 Å². The van der Waals surface area contributed by atoms with Gasteiger partial charge in [0.25, 0.3) is 0 Å². The molecule has 0 atom stereocenters. The summed E-state index contributed by atoms with van der Waals surface area (Å²) in [5.74, 6) is -1.16. The average Bonchev–Trinajstić information content (AvgIpc) is 2.38. The van der Waals surface area contributed by atoms with Crippen LogP contribution in [0.3, 0.4) is 0 Å². The minimum atomic E-state index is -0.660. The van der Waals surface area contributed by atoms with E-state index < -0.39 is 11.6 Å². The summed E-state index contributed by atoms with van der Waals surface area (Å²) >= 11 is 6.69. The first-order valence-electron chi connectivity index (χ1n) is 6.40. The van der Waals surface area contributed by atoms with E-state index in [-0.39, 0.29) is 11.2 Å².